The summed E-state index contributed by atoms with van der Waals surface area (Å²) in [7, 11) is 0. The SMILES string of the molecule is O=C(O)c1ccc(CCCC2SCC(=O)N2C/C=C\C2(O)CCCCC2)cc1. The molecule has 1 aliphatic carbocycles. The minimum atomic E-state index is -0.908. The third-order valence-corrected chi connectivity index (χ3v) is 6.92. The predicted molar refractivity (Wildman–Crippen MR) is 111 cm³/mol. The van der Waals surface area contributed by atoms with Gasteiger partial charge < -0.3 is 15.1 Å². The molecule has 28 heavy (non-hydrogen) atoms. The van der Waals surface area contributed by atoms with Crippen molar-refractivity contribution in [1.29, 1.82) is 0 Å². The number of amides is 1. The number of aliphatic hydroxyl groups is 1. The molecule has 1 aliphatic heterocycles. The number of carbonyl (C=O) groups is 2. The number of benzene rings is 1. The van der Waals surface area contributed by atoms with Crippen molar-refractivity contribution < 1.29 is 19.8 Å². The van der Waals surface area contributed by atoms with Gasteiger partial charge in [-0.25, -0.2) is 4.79 Å². The van der Waals surface area contributed by atoms with E-state index in [0.29, 0.717) is 17.9 Å². The van der Waals surface area contributed by atoms with Crippen molar-refractivity contribution in [3.05, 3.63) is 47.5 Å². The lowest BCUT2D eigenvalue weighted by molar-refractivity contribution is -0.127. The van der Waals surface area contributed by atoms with Crippen LogP contribution in [0.5, 0.6) is 0 Å². The standard InChI is InChI=1S/C22H29NO4S/c24-19-16-28-20(7-4-6-17-8-10-18(11-9-17)21(25)26)23(19)15-5-14-22(27)12-2-1-3-13-22/h5,8-11,14,20,27H,1-4,6-7,12-13,15-16H2,(H,25,26)/b14-5-. The Morgan fingerprint density at radius 2 is 1.93 bits per heavy atom. The molecule has 1 unspecified atom stereocenters. The van der Waals surface area contributed by atoms with Crippen LogP contribution in [0.15, 0.2) is 36.4 Å². The van der Waals surface area contributed by atoms with Gasteiger partial charge in [0, 0.05) is 6.54 Å². The smallest absolute Gasteiger partial charge is 0.335 e. The fraction of sp³-hybridized carbons (Fsp3) is 0.545. The quantitative estimate of drug-likeness (QED) is 0.645. The van der Waals surface area contributed by atoms with Crippen LogP contribution in [-0.2, 0) is 11.2 Å². The van der Waals surface area contributed by atoms with Gasteiger partial charge in [0.1, 0.15) is 0 Å². The van der Waals surface area contributed by atoms with Crippen molar-refractivity contribution >= 4 is 23.6 Å². The summed E-state index contributed by atoms with van der Waals surface area (Å²) < 4.78 is 0. The van der Waals surface area contributed by atoms with Gasteiger partial charge in [0.25, 0.3) is 0 Å². The highest BCUT2D eigenvalue weighted by Gasteiger charge is 2.31. The van der Waals surface area contributed by atoms with E-state index in [-0.39, 0.29) is 11.3 Å². The molecule has 1 heterocycles. The first-order chi connectivity index (χ1) is 13.5. The van der Waals surface area contributed by atoms with Crippen molar-refractivity contribution in [2.24, 2.45) is 0 Å². The lowest BCUT2D eigenvalue weighted by Gasteiger charge is -2.29. The van der Waals surface area contributed by atoms with E-state index in [9.17, 15) is 14.7 Å². The van der Waals surface area contributed by atoms with Crippen LogP contribution in [0.4, 0.5) is 0 Å². The Kier molecular flexibility index (Phi) is 7.18. The number of thioether (sulfide) groups is 1. The van der Waals surface area contributed by atoms with Gasteiger partial charge in [-0.2, -0.15) is 0 Å². The van der Waals surface area contributed by atoms with Gasteiger partial charge >= 0.3 is 5.97 Å². The van der Waals surface area contributed by atoms with E-state index in [1.807, 2.05) is 29.2 Å². The number of hydrogen-bond acceptors (Lipinski definition) is 4. The highest BCUT2D eigenvalue weighted by Crippen LogP contribution is 2.31. The second kappa shape index (κ2) is 9.61. The average Bonchev–Trinajstić information content (AvgIpc) is 3.03. The first-order valence-corrected chi connectivity index (χ1v) is 11.2. The summed E-state index contributed by atoms with van der Waals surface area (Å²) in [5, 5.41) is 19.7. The first kappa shape index (κ1) is 20.9. The first-order valence-electron chi connectivity index (χ1n) is 10.1. The minimum Gasteiger partial charge on any atom is -0.478 e. The zero-order valence-electron chi connectivity index (χ0n) is 16.2. The maximum atomic E-state index is 12.2. The molecule has 0 spiro atoms. The Morgan fingerprint density at radius 1 is 1.21 bits per heavy atom. The van der Waals surface area contributed by atoms with Crippen LogP contribution >= 0.6 is 11.8 Å². The third kappa shape index (κ3) is 5.61. The molecule has 1 amide bonds. The van der Waals surface area contributed by atoms with Crippen molar-refractivity contribution in [3.63, 3.8) is 0 Å². The zero-order chi connectivity index (χ0) is 20.0. The number of aromatic carboxylic acids is 1. The highest BCUT2D eigenvalue weighted by atomic mass is 32.2. The summed E-state index contributed by atoms with van der Waals surface area (Å²) in [6.07, 6.45) is 11.6. The van der Waals surface area contributed by atoms with Crippen molar-refractivity contribution in [1.82, 2.24) is 4.90 Å². The number of carbonyl (C=O) groups excluding carboxylic acids is 1. The number of aryl methyl sites for hydroxylation is 1. The van der Waals surface area contributed by atoms with Crippen molar-refractivity contribution in [3.8, 4) is 0 Å². The molecule has 1 aromatic rings. The molecule has 3 rings (SSSR count). The largest absolute Gasteiger partial charge is 0.478 e. The third-order valence-electron chi connectivity index (χ3n) is 5.63. The summed E-state index contributed by atoms with van der Waals surface area (Å²) >= 11 is 1.69. The van der Waals surface area contributed by atoms with Crippen LogP contribution in [0, 0.1) is 0 Å². The van der Waals surface area contributed by atoms with Gasteiger partial charge in [-0.1, -0.05) is 43.5 Å². The van der Waals surface area contributed by atoms with Crippen LogP contribution in [0.25, 0.3) is 0 Å². The van der Waals surface area contributed by atoms with Crippen LogP contribution in [0.2, 0.25) is 0 Å². The van der Waals surface area contributed by atoms with E-state index in [2.05, 4.69) is 0 Å². The second-order valence-electron chi connectivity index (χ2n) is 7.77. The zero-order valence-corrected chi connectivity index (χ0v) is 17.0. The van der Waals surface area contributed by atoms with Gasteiger partial charge in [-0.3, -0.25) is 4.79 Å². The van der Waals surface area contributed by atoms with E-state index >= 15 is 0 Å². The maximum absolute atomic E-state index is 12.2. The molecule has 0 radical (unpaired) electrons. The molecular formula is C22H29NO4S. The second-order valence-corrected chi connectivity index (χ2v) is 8.94. The Balaban J connectivity index is 1.47. The molecule has 0 aromatic heterocycles. The Hall–Kier alpha value is -1.79. The van der Waals surface area contributed by atoms with E-state index in [1.165, 1.54) is 6.42 Å². The van der Waals surface area contributed by atoms with Gasteiger partial charge in [0.15, 0.2) is 0 Å². The fourth-order valence-corrected chi connectivity index (χ4v) is 5.19. The lowest BCUT2D eigenvalue weighted by atomic mass is 9.85. The summed E-state index contributed by atoms with van der Waals surface area (Å²) in [4.78, 5) is 25.1. The van der Waals surface area contributed by atoms with Crippen LogP contribution in [0.1, 0.15) is 60.9 Å². The molecule has 2 fully saturated rings. The Morgan fingerprint density at radius 3 is 2.61 bits per heavy atom. The average molecular weight is 404 g/mol. The van der Waals surface area contributed by atoms with E-state index in [1.54, 1.807) is 23.9 Å². The molecule has 6 heteroatoms. The predicted octanol–water partition coefficient (Wildman–Crippen LogP) is 3.86. The highest BCUT2D eigenvalue weighted by molar-refractivity contribution is 8.00. The monoisotopic (exact) mass is 403 g/mol. The molecule has 1 aromatic carbocycles. The number of hydrogen-bond donors (Lipinski definition) is 2. The lowest BCUT2D eigenvalue weighted by Crippen LogP contribution is -2.34. The Bertz CT molecular complexity index is 710. The van der Waals surface area contributed by atoms with E-state index in [4.69, 9.17) is 5.11 Å². The molecule has 5 nitrogen and oxygen atoms in total. The molecular weight excluding hydrogens is 374 g/mol. The Labute approximate surface area is 170 Å². The van der Waals surface area contributed by atoms with E-state index in [0.717, 1.165) is 50.5 Å². The molecule has 0 bridgehead atoms. The summed E-state index contributed by atoms with van der Waals surface area (Å²) in [5.41, 5.74) is 0.731. The maximum Gasteiger partial charge on any atom is 0.335 e. The van der Waals surface area contributed by atoms with E-state index < -0.39 is 11.6 Å². The molecule has 152 valence electrons. The van der Waals surface area contributed by atoms with Crippen molar-refractivity contribution in [2.45, 2.75) is 62.3 Å². The fourth-order valence-electron chi connectivity index (χ4n) is 3.97. The number of carboxylic acid groups (broad SMARTS) is 1. The number of rotatable bonds is 8. The molecule has 2 N–H and O–H groups in total. The minimum absolute atomic E-state index is 0.168. The van der Waals surface area contributed by atoms with Gasteiger partial charge in [0.05, 0.1) is 22.3 Å². The number of carboxylic acids is 1. The summed E-state index contributed by atoms with van der Waals surface area (Å²) in [6.45, 7) is 0.562. The molecule has 1 saturated heterocycles. The molecule has 1 saturated carbocycles. The van der Waals surface area contributed by atoms with Crippen LogP contribution in [0.3, 0.4) is 0 Å². The van der Waals surface area contributed by atoms with Gasteiger partial charge in [0.2, 0.25) is 5.91 Å². The normalized spacial score (nSPS) is 22.1. The van der Waals surface area contributed by atoms with Crippen LogP contribution in [-0.4, -0.2) is 50.3 Å². The number of nitrogens with zero attached hydrogens (tertiary/aromatic N) is 1. The summed E-state index contributed by atoms with van der Waals surface area (Å²) in [6, 6.07) is 7.00. The van der Waals surface area contributed by atoms with Crippen molar-refractivity contribution in [2.75, 3.05) is 12.3 Å². The summed E-state index contributed by atoms with van der Waals surface area (Å²) in [5.74, 6) is -0.217. The molecule has 1 atom stereocenters. The topological polar surface area (TPSA) is 77.8 Å². The van der Waals surface area contributed by atoms with Crippen LogP contribution < -0.4 is 0 Å². The van der Waals surface area contributed by atoms with Gasteiger partial charge in [-0.05, 0) is 49.8 Å². The molecule has 2 aliphatic rings. The van der Waals surface area contributed by atoms with Gasteiger partial charge in [-0.15, -0.1) is 11.8 Å².